The second kappa shape index (κ2) is 19.5. The summed E-state index contributed by atoms with van der Waals surface area (Å²) in [6.45, 7) is 3.02. The van der Waals surface area contributed by atoms with Gasteiger partial charge in [0.05, 0.1) is 5.75 Å². The number of rotatable bonds is 18. The first-order valence-corrected chi connectivity index (χ1v) is 12.9. The van der Waals surface area contributed by atoms with Crippen molar-refractivity contribution >= 4 is 28.6 Å². The molecule has 0 aromatic heterocycles. The van der Waals surface area contributed by atoms with Crippen LogP contribution >= 0.6 is 11.8 Å². The maximum absolute atomic E-state index is 10.9. The Morgan fingerprint density at radius 1 is 0.833 bits per heavy atom. The molecule has 4 nitrogen and oxygen atoms in total. The highest BCUT2D eigenvalue weighted by Gasteiger charge is 2.05. The van der Waals surface area contributed by atoms with Crippen LogP contribution in [0.3, 0.4) is 0 Å². The Kier molecular flexibility index (Phi) is 17.2. The van der Waals surface area contributed by atoms with E-state index in [0.717, 1.165) is 18.7 Å². The highest BCUT2D eigenvalue weighted by atomic mass is 32.2. The van der Waals surface area contributed by atoms with E-state index in [1.54, 1.807) is 0 Å². The number of para-hydroxylation sites is 1. The highest BCUT2D eigenvalue weighted by molar-refractivity contribution is 8.14. The number of carboxylic acids is 1. The lowest BCUT2D eigenvalue weighted by atomic mass is 10.0. The predicted octanol–water partition coefficient (Wildman–Crippen LogP) is 7.75. The van der Waals surface area contributed by atoms with Gasteiger partial charge in [-0.3, -0.25) is 9.79 Å². The van der Waals surface area contributed by atoms with Gasteiger partial charge < -0.3 is 10.4 Å². The van der Waals surface area contributed by atoms with Gasteiger partial charge in [-0.05, 0) is 18.6 Å². The normalized spacial score (nSPS) is 11.6. The van der Waals surface area contributed by atoms with E-state index in [1.165, 1.54) is 95.2 Å². The number of hydrogen-bond donors (Lipinski definition) is 2. The zero-order valence-corrected chi connectivity index (χ0v) is 19.7. The number of carbonyl (C=O) groups is 1. The summed E-state index contributed by atoms with van der Waals surface area (Å²) < 4.78 is 0. The van der Waals surface area contributed by atoms with E-state index in [9.17, 15) is 4.79 Å². The maximum Gasteiger partial charge on any atom is 0.313 e. The van der Waals surface area contributed by atoms with Crippen LogP contribution in [0, 0.1) is 0 Å². The smallest absolute Gasteiger partial charge is 0.313 e. The summed E-state index contributed by atoms with van der Waals surface area (Å²) in [5.41, 5.74) is 0.940. The first-order chi connectivity index (χ1) is 14.7. The van der Waals surface area contributed by atoms with Crippen molar-refractivity contribution in [1.29, 1.82) is 0 Å². The fraction of sp³-hybridized carbons (Fsp3) is 0.680. The summed E-state index contributed by atoms with van der Waals surface area (Å²) in [4.78, 5) is 15.5. The summed E-state index contributed by atoms with van der Waals surface area (Å²) in [5.74, 6) is -0.795. The summed E-state index contributed by atoms with van der Waals surface area (Å²) in [5, 5.41) is 12.9. The summed E-state index contributed by atoms with van der Waals surface area (Å²) in [7, 11) is 0. The molecule has 0 aliphatic rings. The van der Waals surface area contributed by atoms with Crippen LogP contribution in [0.2, 0.25) is 0 Å². The SMILES string of the molecule is CCCCCCCCCCCCCCCCN=C(Nc1ccccc1)SCC(=O)O. The van der Waals surface area contributed by atoms with E-state index in [1.807, 2.05) is 30.3 Å². The Balaban J connectivity index is 2.04. The second-order valence-electron chi connectivity index (χ2n) is 7.96. The fourth-order valence-electron chi connectivity index (χ4n) is 3.38. The van der Waals surface area contributed by atoms with Crippen LogP contribution in [0.5, 0.6) is 0 Å². The average Bonchev–Trinajstić information content (AvgIpc) is 2.75. The third kappa shape index (κ3) is 16.3. The van der Waals surface area contributed by atoms with Crippen LogP contribution in [0.15, 0.2) is 35.3 Å². The van der Waals surface area contributed by atoms with Crippen LogP contribution in [-0.4, -0.2) is 28.5 Å². The van der Waals surface area contributed by atoms with Gasteiger partial charge >= 0.3 is 5.97 Å². The van der Waals surface area contributed by atoms with Crippen molar-refractivity contribution in [3.8, 4) is 0 Å². The van der Waals surface area contributed by atoms with Gasteiger partial charge in [-0.15, -0.1) is 0 Å². The summed E-state index contributed by atoms with van der Waals surface area (Å²) in [6.07, 6.45) is 18.8. The van der Waals surface area contributed by atoms with Crippen molar-refractivity contribution in [3.05, 3.63) is 30.3 Å². The van der Waals surface area contributed by atoms with Gasteiger partial charge in [0.1, 0.15) is 0 Å². The van der Waals surface area contributed by atoms with E-state index < -0.39 is 5.97 Å². The van der Waals surface area contributed by atoms with Crippen molar-refractivity contribution in [2.24, 2.45) is 4.99 Å². The molecule has 0 fully saturated rings. The molecule has 0 atom stereocenters. The lowest BCUT2D eigenvalue weighted by Gasteiger charge is -2.09. The molecule has 1 aromatic rings. The molecule has 0 heterocycles. The minimum Gasteiger partial charge on any atom is -0.481 e. The molecule has 5 heteroatoms. The molecule has 0 amide bonds. The molecule has 2 N–H and O–H groups in total. The minimum atomic E-state index is -0.820. The monoisotopic (exact) mass is 434 g/mol. The third-order valence-corrected chi connectivity index (χ3v) is 6.02. The molecule has 1 aromatic carbocycles. The number of unbranched alkanes of at least 4 members (excludes halogenated alkanes) is 13. The molecule has 1 rings (SSSR count). The number of thioether (sulfide) groups is 1. The number of anilines is 1. The molecule has 0 aliphatic carbocycles. The number of benzene rings is 1. The second-order valence-corrected chi connectivity index (χ2v) is 8.92. The van der Waals surface area contributed by atoms with Gasteiger partial charge in [0, 0.05) is 12.2 Å². The van der Waals surface area contributed by atoms with Crippen LogP contribution in [0.4, 0.5) is 5.69 Å². The molecule has 170 valence electrons. The quantitative estimate of drug-likeness (QED) is 0.141. The van der Waals surface area contributed by atoms with Gasteiger partial charge in [0.2, 0.25) is 0 Å². The molecule has 0 bridgehead atoms. The van der Waals surface area contributed by atoms with Crippen molar-refractivity contribution < 1.29 is 9.90 Å². The van der Waals surface area contributed by atoms with Crippen LogP contribution in [0.1, 0.15) is 96.8 Å². The van der Waals surface area contributed by atoms with Gasteiger partial charge in [-0.2, -0.15) is 0 Å². The van der Waals surface area contributed by atoms with Crippen LogP contribution < -0.4 is 5.32 Å². The topological polar surface area (TPSA) is 61.7 Å². The fourth-order valence-corrected chi connectivity index (χ4v) is 4.02. The number of nitrogens with one attached hydrogen (secondary N) is 1. The Labute approximate surface area is 188 Å². The Morgan fingerprint density at radius 2 is 1.33 bits per heavy atom. The van der Waals surface area contributed by atoms with Gasteiger partial charge in [0.25, 0.3) is 0 Å². The molecule has 30 heavy (non-hydrogen) atoms. The number of aliphatic carboxylic acids is 1. The maximum atomic E-state index is 10.9. The first kappa shape index (κ1) is 26.5. The lowest BCUT2D eigenvalue weighted by molar-refractivity contribution is -0.133. The molecule has 0 aliphatic heterocycles. The van der Waals surface area contributed by atoms with Crippen LogP contribution in [-0.2, 0) is 4.79 Å². The highest BCUT2D eigenvalue weighted by Crippen LogP contribution is 2.14. The number of amidine groups is 1. The molecule has 0 saturated carbocycles. The number of carboxylic acid groups (broad SMARTS) is 1. The number of hydrogen-bond acceptors (Lipinski definition) is 3. The van der Waals surface area contributed by atoms with Gasteiger partial charge in [-0.25, -0.2) is 0 Å². The zero-order chi connectivity index (χ0) is 21.7. The molecule has 0 spiro atoms. The first-order valence-electron chi connectivity index (χ1n) is 11.9. The Hall–Kier alpha value is -1.49. The molecular formula is C25H42N2O2S. The van der Waals surface area contributed by atoms with E-state index >= 15 is 0 Å². The largest absolute Gasteiger partial charge is 0.481 e. The lowest BCUT2D eigenvalue weighted by Crippen LogP contribution is -2.12. The van der Waals surface area contributed by atoms with Crippen molar-refractivity contribution in [2.75, 3.05) is 17.6 Å². The Bertz CT molecular complexity index is 564. The van der Waals surface area contributed by atoms with E-state index in [-0.39, 0.29) is 5.75 Å². The van der Waals surface area contributed by atoms with Crippen molar-refractivity contribution in [1.82, 2.24) is 0 Å². The van der Waals surface area contributed by atoms with E-state index in [0.29, 0.717) is 5.17 Å². The van der Waals surface area contributed by atoms with Crippen molar-refractivity contribution in [3.63, 3.8) is 0 Å². The van der Waals surface area contributed by atoms with Gasteiger partial charge in [-0.1, -0.05) is 120 Å². The molecule has 0 radical (unpaired) electrons. The Morgan fingerprint density at radius 3 is 1.83 bits per heavy atom. The zero-order valence-electron chi connectivity index (χ0n) is 18.9. The van der Waals surface area contributed by atoms with Gasteiger partial charge in [0.15, 0.2) is 5.17 Å². The predicted molar refractivity (Wildman–Crippen MR) is 133 cm³/mol. The number of nitrogens with zero attached hydrogens (tertiary/aromatic N) is 1. The van der Waals surface area contributed by atoms with E-state index in [4.69, 9.17) is 5.11 Å². The minimum absolute atomic E-state index is 0.0252. The van der Waals surface area contributed by atoms with Crippen LogP contribution in [0.25, 0.3) is 0 Å². The molecule has 0 saturated heterocycles. The average molecular weight is 435 g/mol. The molecule has 0 unspecified atom stereocenters. The summed E-state index contributed by atoms with van der Waals surface area (Å²) >= 11 is 1.25. The summed E-state index contributed by atoms with van der Waals surface area (Å²) in [6, 6.07) is 9.79. The number of aliphatic imine (C=N–C) groups is 1. The van der Waals surface area contributed by atoms with E-state index in [2.05, 4.69) is 17.2 Å². The van der Waals surface area contributed by atoms with Crippen molar-refractivity contribution in [2.45, 2.75) is 96.8 Å². The standard InChI is InChI=1S/C25H42N2O2S/c1-2-3-4-5-6-7-8-9-10-11-12-13-14-18-21-26-25(30-22-24(28)29)27-23-19-16-15-17-20-23/h15-17,19-20H,2-14,18,21-22H2,1H3,(H,26,27)(H,28,29). The molecular weight excluding hydrogens is 392 g/mol. The third-order valence-electron chi connectivity index (χ3n) is 5.12.